The smallest absolute Gasteiger partial charge is 0.260 e. The molecule has 2 aliphatic rings. The first-order valence-electron chi connectivity index (χ1n) is 13.1. The lowest BCUT2D eigenvalue weighted by atomic mass is 9.78. The summed E-state index contributed by atoms with van der Waals surface area (Å²) in [6, 6.07) is 23.3. The summed E-state index contributed by atoms with van der Waals surface area (Å²) < 4.78 is 13.2. The number of para-hydroxylation sites is 1. The van der Waals surface area contributed by atoms with Crippen molar-refractivity contribution in [1.82, 2.24) is 4.98 Å². The van der Waals surface area contributed by atoms with Crippen LogP contribution in [0.25, 0.3) is 0 Å². The normalized spacial score (nSPS) is 19.9. The largest absolute Gasteiger partial charge is 0.494 e. The number of fused-ring (bicyclic) bond motifs is 1. The molecular weight excluding hydrogens is 590 g/mol. The number of carbonyl (C=O) groups is 1. The molecule has 0 fully saturated rings. The van der Waals surface area contributed by atoms with Gasteiger partial charge in [0.05, 0.1) is 23.9 Å². The van der Waals surface area contributed by atoms with Gasteiger partial charge in [0.15, 0.2) is 11.6 Å². The highest BCUT2D eigenvalue weighted by Crippen LogP contribution is 2.49. The zero-order chi connectivity index (χ0) is 27.7. The maximum atomic E-state index is 14.7. The molecule has 3 aromatic carbocycles. The molecule has 1 N–H and O–H groups in total. The van der Waals surface area contributed by atoms with Crippen molar-refractivity contribution in [3.05, 3.63) is 110 Å². The Labute approximate surface area is 245 Å². The summed E-state index contributed by atoms with van der Waals surface area (Å²) in [6.07, 6.45) is 0.333. The van der Waals surface area contributed by atoms with Crippen molar-refractivity contribution >= 4 is 44.8 Å². The number of hydrogen-bond donors (Lipinski definition) is 1. The van der Waals surface area contributed by atoms with E-state index in [1.165, 1.54) is 0 Å². The van der Waals surface area contributed by atoms with Gasteiger partial charge >= 0.3 is 0 Å². The van der Waals surface area contributed by atoms with Gasteiger partial charge in [-0.05, 0) is 48.9 Å². The highest BCUT2D eigenvalue weighted by atomic mass is 79.9. The predicted octanol–water partition coefficient (Wildman–Crippen LogP) is 6.02. The summed E-state index contributed by atoms with van der Waals surface area (Å²) >= 11 is 5.27. The van der Waals surface area contributed by atoms with E-state index in [-0.39, 0.29) is 12.5 Å². The van der Waals surface area contributed by atoms with Crippen LogP contribution in [0.1, 0.15) is 39.9 Å². The molecule has 0 saturated heterocycles. The summed E-state index contributed by atoms with van der Waals surface area (Å²) in [6.45, 7) is 2.84. The number of aliphatic hydroxyl groups is 1. The second-order valence-corrected chi connectivity index (χ2v) is 11.8. The van der Waals surface area contributed by atoms with Crippen molar-refractivity contribution in [2.75, 3.05) is 18.1 Å². The third-order valence-corrected chi connectivity index (χ3v) is 8.71. The van der Waals surface area contributed by atoms with Crippen LogP contribution < -0.4 is 9.64 Å². The SMILES string of the molecule is Cc1nc(CN2C(=O)[C@@]3(Cc4ccccc42)N=C(c2ccc(OCCCO)cc2)O[C@H]3c2ccccc2Br)cs1. The predicted molar refractivity (Wildman–Crippen MR) is 159 cm³/mol. The van der Waals surface area contributed by atoms with Crippen molar-refractivity contribution in [2.24, 2.45) is 4.99 Å². The van der Waals surface area contributed by atoms with Gasteiger partial charge in [-0.15, -0.1) is 11.3 Å². The molecule has 204 valence electrons. The van der Waals surface area contributed by atoms with E-state index < -0.39 is 11.6 Å². The van der Waals surface area contributed by atoms with Gasteiger partial charge in [0, 0.05) is 46.1 Å². The minimum Gasteiger partial charge on any atom is -0.494 e. The van der Waals surface area contributed by atoms with E-state index in [4.69, 9.17) is 19.6 Å². The maximum absolute atomic E-state index is 14.7. The number of halogens is 1. The lowest BCUT2D eigenvalue weighted by Crippen LogP contribution is -2.55. The average molecular weight is 619 g/mol. The minimum absolute atomic E-state index is 0.0809. The Bertz CT molecular complexity index is 1570. The first-order valence-corrected chi connectivity index (χ1v) is 14.8. The van der Waals surface area contributed by atoms with Crippen LogP contribution in [0.2, 0.25) is 0 Å². The van der Waals surface area contributed by atoms with Gasteiger partial charge in [0.2, 0.25) is 5.90 Å². The summed E-state index contributed by atoms with van der Waals surface area (Å²) in [4.78, 5) is 26.2. The molecule has 0 radical (unpaired) electrons. The number of anilines is 1. The number of aromatic nitrogens is 1. The number of nitrogens with zero attached hydrogens (tertiary/aromatic N) is 3. The molecule has 0 aliphatic carbocycles. The van der Waals surface area contributed by atoms with E-state index >= 15 is 0 Å². The fourth-order valence-electron chi connectivity index (χ4n) is 5.29. The van der Waals surface area contributed by atoms with Crippen LogP contribution >= 0.6 is 27.3 Å². The highest BCUT2D eigenvalue weighted by Gasteiger charge is 2.57. The number of aliphatic imine (C=N–C) groups is 1. The number of amides is 1. The summed E-state index contributed by atoms with van der Waals surface area (Å²) in [5.74, 6) is 0.997. The molecule has 0 saturated carbocycles. The van der Waals surface area contributed by atoms with Crippen molar-refractivity contribution in [3.8, 4) is 5.75 Å². The molecule has 3 heterocycles. The third kappa shape index (κ3) is 4.93. The molecule has 1 aromatic heterocycles. The first kappa shape index (κ1) is 26.7. The van der Waals surface area contributed by atoms with E-state index in [0.717, 1.165) is 37.6 Å². The van der Waals surface area contributed by atoms with E-state index in [2.05, 4.69) is 27.0 Å². The Hall–Kier alpha value is -3.53. The summed E-state index contributed by atoms with van der Waals surface area (Å²) in [7, 11) is 0. The van der Waals surface area contributed by atoms with Gasteiger partial charge in [-0.1, -0.05) is 52.3 Å². The molecule has 2 aliphatic heterocycles. The molecule has 0 bridgehead atoms. The Balaban J connectivity index is 1.44. The molecule has 0 unspecified atom stereocenters. The monoisotopic (exact) mass is 617 g/mol. The second kappa shape index (κ2) is 11.2. The van der Waals surface area contributed by atoms with Gasteiger partial charge in [-0.3, -0.25) is 4.79 Å². The molecule has 7 nitrogen and oxygen atoms in total. The van der Waals surface area contributed by atoms with Crippen molar-refractivity contribution in [2.45, 2.75) is 38.0 Å². The number of ether oxygens (including phenoxy) is 2. The van der Waals surface area contributed by atoms with Crippen LogP contribution in [-0.2, 0) is 22.5 Å². The summed E-state index contributed by atoms with van der Waals surface area (Å²) in [5, 5.41) is 12.0. The average Bonchev–Trinajstić information content (AvgIpc) is 3.56. The molecule has 1 amide bonds. The molecular formula is C31H28BrN3O4S. The van der Waals surface area contributed by atoms with Crippen LogP contribution in [0, 0.1) is 6.92 Å². The Morgan fingerprint density at radius 3 is 2.65 bits per heavy atom. The Morgan fingerprint density at radius 1 is 1.12 bits per heavy atom. The Morgan fingerprint density at radius 2 is 1.90 bits per heavy atom. The van der Waals surface area contributed by atoms with Crippen molar-refractivity contribution < 1.29 is 19.4 Å². The molecule has 6 rings (SSSR count). The fraction of sp³-hybridized carbons (Fsp3) is 0.258. The Kier molecular flexibility index (Phi) is 7.44. The lowest BCUT2D eigenvalue weighted by molar-refractivity contribution is -0.127. The summed E-state index contributed by atoms with van der Waals surface area (Å²) in [5.41, 5.74) is 3.18. The topological polar surface area (TPSA) is 84.3 Å². The number of carbonyl (C=O) groups excluding carboxylic acids is 1. The van der Waals surface area contributed by atoms with Crippen molar-refractivity contribution in [1.29, 1.82) is 0 Å². The molecule has 2 atom stereocenters. The number of hydrogen-bond acceptors (Lipinski definition) is 7. The number of benzene rings is 3. The number of aliphatic hydroxyl groups excluding tert-OH is 1. The van der Waals surface area contributed by atoms with Gasteiger partial charge in [-0.25, -0.2) is 9.98 Å². The minimum atomic E-state index is -1.20. The zero-order valence-corrected chi connectivity index (χ0v) is 24.3. The number of aryl methyl sites for hydroxylation is 1. The van der Waals surface area contributed by atoms with Crippen LogP contribution in [0.3, 0.4) is 0 Å². The van der Waals surface area contributed by atoms with Gasteiger partial charge < -0.3 is 19.5 Å². The van der Waals surface area contributed by atoms with Crippen LogP contribution in [0.5, 0.6) is 5.75 Å². The van der Waals surface area contributed by atoms with Crippen LogP contribution in [0.4, 0.5) is 5.69 Å². The molecule has 9 heteroatoms. The van der Waals surface area contributed by atoms with Gasteiger partial charge in [-0.2, -0.15) is 0 Å². The zero-order valence-electron chi connectivity index (χ0n) is 21.9. The molecule has 1 spiro atoms. The number of thiazole rings is 1. The van der Waals surface area contributed by atoms with Gasteiger partial charge in [0.25, 0.3) is 5.91 Å². The lowest BCUT2D eigenvalue weighted by Gasteiger charge is -2.40. The molecule has 4 aromatic rings. The first-order chi connectivity index (χ1) is 19.5. The van der Waals surface area contributed by atoms with Crippen LogP contribution in [-0.4, -0.2) is 40.6 Å². The van der Waals surface area contributed by atoms with E-state index in [1.807, 2.05) is 83.9 Å². The quantitative estimate of drug-likeness (QED) is 0.244. The van der Waals surface area contributed by atoms with E-state index in [9.17, 15) is 4.79 Å². The maximum Gasteiger partial charge on any atom is 0.260 e. The highest BCUT2D eigenvalue weighted by molar-refractivity contribution is 9.10. The fourth-order valence-corrected chi connectivity index (χ4v) is 6.39. The van der Waals surface area contributed by atoms with Gasteiger partial charge in [0.1, 0.15) is 5.75 Å². The van der Waals surface area contributed by atoms with E-state index in [1.54, 1.807) is 11.3 Å². The molecule has 40 heavy (non-hydrogen) atoms. The second-order valence-electron chi connectivity index (χ2n) is 9.87. The number of rotatable bonds is 8. The van der Waals surface area contributed by atoms with E-state index in [0.29, 0.717) is 37.6 Å². The standard InChI is InChI=1S/C31H28BrN3O4S/c1-20-33-23(19-40-20)18-35-27-10-5-2-7-22(27)17-31(30(35)37)28(25-8-3-4-9-26(25)32)39-29(34-31)21-11-13-24(14-12-21)38-16-6-15-36/h2-5,7-14,19,28,36H,6,15-18H2,1H3/t28-,31-/m0/s1. The third-order valence-electron chi connectivity index (χ3n) is 7.17. The van der Waals surface area contributed by atoms with Crippen LogP contribution in [0.15, 0.2) is 87.6 Å². The van der Waals surface area contributed by atoms with Crippen molar-refractivity contribution in [3.63, 3.8) is 0 Å².